The normalized spacial score (nSPS) is 11.0. The Hall–Kier alpha value is -1.90. The van der Waals surface area contributed by atoms with E-state index in [0.717, 1.165) is 6.42 Å². The number of amides is 1. The maximum absolute atomic E-state index is 12.7. The number of fused-ring (bicyclic) bond motifs is 1. The summed E-state index contributed by atoms with van der Waals surface area (Å²) in [5, 5.41) is 12.9. The number of aliphatic hydroxyl groups excluding tert-OH is 1. The Labute approximate surface area is 150 Å². The summed E-state index contributed by atoms with van der Waals surface area (Å²) in [6.45, 7) is 1.50. The van der Waals surface area contributed by atoms with E-state index in [-0.39, 0.29) is 23.8 Å². The van der Waals surface area contributed by atoms with Crippen LogP contribution in [0.3, 0.4) is 0 Å². The molecule has 2 aromatic rings. The number of hydrogen-bond donors (Lipinski definition) is 2. The van der Waals surface area contributed by atoms with Crippen LogP contribution in [0.2, 0.25) is 0 Å². The highest BCUT2D eigenvalue weighted by Crippen LogP contribution is 2.17. The topological polar surface area (TPSA) is 93.5 Å². The first-order valence-electron chi connectivity index (χ1n) is 8.16. The Morgan fingerprint density at radius 2 is 2.16 bits per heavy atom. The third-order valence-corrected chi connectivity index (χ3v) is 4.52. The van der Waals surface area contributed by atoms with Crippen molar-refractivity contribution in [3.63, 3.8) is 0 Å². The average Bonchev–Trinajstić information content (AvgIpc) is 2.63. The highest BCUT2D eigenvalue weighted by Gasteiger charge is 2.12. The Morgan fingerprint density at radius 1 is 1.36 bits per heavy atom. The third kappa shape index (κ3) is 5.55. The zero-order valence-corrected chi connectivity index (χ0v) is 15.1. The van der Waals surface area contributed by atoms with Gasteiger partial charge in [-0.2, -0.15) is 0 Å². The van der Waals surface area contributed by atoms with E-state index >= 15 is 0 Å². The predicted molar refractivity (Wildman–Crippen MR) is 97.9 cm³/mol. The molecule has 1 aromatic heterocycles. The van der Waals surface area contributed by atoms with Crippen molar-refractivity contribution in [3.05, 3.63) is 34.6 Å². The maximum atomic E-state index is 12.7. The van der Waals surface area contributed by atoms with Crippen LogP contribution in [0.5, 0.6) is 0 Å². The largest absolute Gasteiger partial charge is 0.396 e. The van der Waals surface area contributed by atoms with Crippen LogP contribution in [0.15, 0.2) is 34.2 Å². The summed E-state index contributed by atoms with van der Waals surface area (Å²) in [6, 6.07) is 7.13. The smallest absolute Gasteiger partial charge is 0.262 e. The lowest BCUT2D eigenvalue weighted by atomic mass is 10.2. The molecule has 0 saturated heterocycles. The van der Waals surface area contributed by atoms with Crippen molar-refractivity contribution in [1.82, 2.24) is 14.9 Å². The minimum absolute atomic E-state index is 0.0106. The first-order valence-corrected chi connectivity index (χ1v) is 9.14. The van der Waals surface area contributed by atoms with Crippen molar-refractivity contribution in [1.29, 1.82) is 0 Å². The molecule has 8 heteroatoms. The van der Waals surface area contributed by atoms with Crippen LogP contribution in [-0.4, -0.2) is 53.2 Å². The van der Waals surface area contributed by atoms with Gasteiger partial charge >= 0.3 is 0 Å². The molecule has 0 aliphatic rings. The highest BCUT2D eigenvalue weighted by atomic mass is 32.2. The lowest BCUT2D eigenvalue weighted by Gasteiger charge is -2.12. The number of thioether (sulfide) groups is 1. The van der Waals surface area contributed by atoms with E-state index in [4.69, 9.17) is 9.84 Å². The number of aliphatic hydroxyl groups is 1. The zero-order chi connectivity index (χ0) is 18.1. The highest BCUT2D eigenvalue weighted by molar-refractivity contribution is 7.99. The first kappa shape index (κ1) is 19.4. The molecule has 136 valence electrons. The summed E-state index contributed by atoms with van der Waals surface area (Å²) in [7, 11) is 1.62. The molecule has 0 aliphatic heterocycles. The predicted octanol–water partition coefficient (Wildman–Crippen LogP) is 1.02. The number of benzene rings is 1. The number of carbonyl (C=O) groups excluding carboxylic acids is 1. The zero-order valence-electron chi connectivity index (χ0n) is 14.2. The van der Waals surface area contributed by atoms with Crippen LogP contribution in [0.4, 0.5) is 0 Å². The molecule has 0 atom stereocenters. The minimum Gasteiger partial charge on any atom is -0.396 e. The molecule has 0 unspecified atom stereocenters. The second-order valence-corrected chi connectivity index (χ2v) is 6.37. The number of nitrogens with one attached hydrogen (secondary N) is 1. The Kier molecular flexibility index (Phi) is 7.90. The summed E-state index contributed by atoms with van der Waals surface area (Å²) < 4.78 is 6.46. The lowest BCUT2D eigenvalue weighted by molar-refractivity contribution is -0.118. The van der Waals surface area contributed by atoms with E-state index in [1.807, 2.05) is 6.07 Å². The fourth-order valence-electron chi connectivity index (χ4n) is 2.31. The number of nitrogens with zero attached hydrogens (tertiary/aromatic N) is 2. The molecule has 0 aliphatic carbocycles. The third-order valence-electron chi connectivity index (χ3n) is 3.55. The van der Waals surface area contributed by atoms with E-state index in [1.54, 1.807) is 25.3 Å². The Morgan fingerprint density at radius 3 is 2.92 bits per heavy atom. The fourth-order valence-corrected chi connectivity index (χ4v) is 3.16. The van der Waals surface area contributed by atoms with Crippen LogP contribution in [0.1, 0.15) is 12.8 Å². The summed E-state index contributed by atoms with van der Waals surface area (Å²) in [4.78, 5) is 29.1. The SMILES string of the molecule is COCCCNC(=O)CSc1nc2ccccc2c(=O)n1CCCO. The van der Waals surface area contributed by atoms with Crippen molar-refractivity contribution in [2.24, 2.45) is 0 Å². The molecule has 2 N–H and O–H groups in total. The van der Waals surface area contributed by atoms with Gasteiger partial charge in [0.15, 0.2) is 5.16 Å². The van der Waals surface area contributed by atoms with E-state index in [1.165, 1.54) is 16.3 Å². The molecule has 0 radical (unpaired) electrons. The van der Waals surface area contributed by atoms with Gasteiger partial charge in [0, 0.05) is 33.4 Å². The monoisotopic (exact) mass is 365 g/mol. The number of ether oxygens (including phenoxy) is 1. The van der Waals surface area contributed by atoms with Crippen LogP contribution >= 0.6 is 11.8 Å². The first-order chi connectivity index (χ1) is 12.2. The van der Waals surface area contributed by atoms with Gasteiger partial charge in [-0.05, 0) is 25.0 Å². The van der Waals surface area contributed by atoms with Crippen LogP contribution in [0.25, 0.3) is 10.9 Å². The maximum Gasteiger partial charge on any atom is 0.262 e. The number of rotatable bonds is 10. The van der Waals surface area contributed by atoms with Crippen LogP contribution in [0, 0.1) is 0 Å². The van der Waals surface area contributed by atoms with Gasteiger partial charge in [-0.3, -0.25) is 14.2 Å². The molecule has 2 rings (SSSR count). The molecular weight excluding hydrogens is 342 g/mol. The molecule has 7 nitrogen and oxygen atoms in total. The van der Waals surface area contributed by atoms with Gasteiger partial charge in [0.2, 0.25) is 5.91 Å². The number of carbonyl (C=O) groups is 1. The molecule has 0 bridgehead atoms. The van der Waals surface area contributed by atoms with E-state index in [0.29, 0.717) is 42.2 Å². The van der Waals surface area contributed by atoms with Gasteiger partial charge in [0.25, 0.3) is 5.56 Å². The van der Waals surface area contributed by atoms with Crippen molar-refractivity contribution in [2.45, 2.75) is 24.5 Å². The van der Waals surface area contributed by atoms with Crippen molar-refractivity contribution in [3.8, 4) is 0 Å². The van der Waals surface area contributed by atoms with Gasteiger partial charge in [-0.25, -0.2) is 4.98 Å². The van der Waals surface area contributed by atoms with E-state index < -0.39 is 0 Å². The number of methoxy groups -OCH3 is 1. The van der Waals surface area contributed by atoms with Gasteiger partial charge in [0.05, 0.1) is 16.7 Å². The Bertz CT molecular complexity index is 763. The van der Waals surface area contributed by atoms with Gasteiger partial charge in [0.1, 0.15) is 0 Å². The standard InChI is InChI=1S/C17H23N3O4S/c1-24-11-4-8-18-15(22)12-25-17-19-14-7-3-2-6-13(14)16(23)20(17)9-5-10-21/h2-3,6-7,21H,4-5,8-12H2,1H3,(H,18,22). The van der Waals surface area contributed by atoms with Gasteiger partial charge in [-0.15, -0.1) is 0 Å². The van der Waals surface area contributed by atoms with Crippen LogP contribution in [-0.2, 0) is 16.1 Å². The van der Waals surface area contributed by atoms with Crippen molar-refractivity contribution < 1.29 is 14.6 Å². The molecular formula is C17H23N3O4S. The molecule has 1 amide bonds. The molecule has 0 spiro atoms. The molecule has 1 heterocycles. The summed E-state index contributed by atoms with van der Waals surface area (Å²) in [5.41, 5.74) is 0.456. The molecule has 0 saturated carbocycles. The van der Waals surface area contributed by atoms with E-state index in [2.05, 4.69) is 10.3 Å². The second kappa shape index (κ2) is 10.2. The molecule has 1 aromatic carbocycles. The summed E-state index contributed by atoms with van der Waals surface area (Å²) >= 11 is 1.23. The van der Waals surface area contributed by atoms with Crippen LogP contribution < -0.4 is 10.9 Å². The van der Waals surface area contributed by atoms with Gasteiger partial charge in [-0.1, -0.05) is 23.9 Å². The minimum atomic E-state index is -0.151. The summed E-state index contributed by atoms with van der Waals surface area (Å²) in [5.74, 6) is 0.0638. The van der Waals surface area contributed by atoms with E-state index in [9.17, 15) is 9.59 Å². The lowest BCUT2D eigenvalue weighted by Crippen LogP contribution is -2.28. The average molecular weight is 365 g/mol. The van der Waals surface area contributed by atoms with Crippen molar-refractivity contribution in [2.75, 3.05) is 32.6 Å². The number of hydrogen-bond acceptors (Lipinski definition) is 6. The quantitative estimate of drug-likeness (QED) is 0.371. The molecule has 25 heavy (non-hydrogen) atoms. The van der Waals surface area contributed by atoms with Gasteiger partial charge < -0.3 is 15.2 Å². The fraction of sp³-hybridized carbons (Fsp3) is 0.471. The second-order valence-electron chi connectivity index (χ2n) is 5.43. The molecule has 0 fully saturated rings. The summed E-state index contributed by atoms with van der Waals surface area (Å²) in [6.07, 6.45) is 1.21. The number of aromatic nitrogens is 2. The number of para-hydroxylation sites is 1. The Balaban J connectivity index is 2.12. The van der Waals surface area contributed by atoms with Crippen molar-refractivity contribution >= 4 is 28.6 Å².